The summed E-state index contributed by atoms with van der Waals surface area (Å²) in [5, 5.41) is 19.2. The van der Waals surface area contributed by atoms with Gasteiger partial charge in [-0.25, -0.2) is 0 Å². The third kappa shape index (κ3) is 2.48. The van der Waals surface area contributed by atoms with Crippen molar-refractivity contribution < 1.29 is 10.2 Å². The molecule has 2 heteroatoms. The van der Waals surface area contributed by atoms with Gasteiger partial charge in [-0.2, -0.15) is 0 Å². The molecular formula is C12H22O2. The summed E-state index contributed by atoms with van der Waals surface area (Å²) < 4.78 is 0. The van der Waals surface area contributed by atoms with E-state index in [1.54, 1.807) is 0 Å². The largest absolute Gasteiger partial charge is 0.393 e. The minimum Gasteiger partial charge on any atom is -0.393 e. The fourth-order valence-electron chi connectivity index (χ4n) is 3.29. The van der Waals surface area contributed by atoms with Crippen LogP contribution in [0.25, 0.3) is 0 Å². The minimum absolute atomic E-state index is 0.245. The van der Waals surface area contributed by atoms with E-state index in [1.165, 1.54) is 32.1 Å². The Hall–Kier alpha value is -0.0800. The molecule has 2 aliphatic rings. The van der Waals surface area contributed by atoms with Crippen LogP contribution in [-0.2, 0) is 0 Å². The Morgan fingerprint density at radius 1 is 0.643 bits per heavy atom. The average molecular weight is 198 g/mol. The van der Waals surface area contributed by atoms with Gasteiger partial charge in [-0.1, -0.05) is 32.1 Å². The van der Waals surface area contributed by atoms with E-state index in [-0.39, 0.29) is 12.2 Å². The van der Waals surface area contributed by atoms with Gasteiger partial charge in [0.1, 0.15) is 0 Å². The SMILES string of the molecule is OC1CC(O)CC(C2CCCCC2)C1. The third-order valence-corrected chi connectivity index (χ3v) is 4.01. The van der Waals surface area contributed by atoms with Crippen LogP contribution in [0.5, 0.6) is 0 Å². The maximum atomic E-state index is 9.62. The Bertz CT molecular complexity index is 165. The van der Waals surface area contributed by atoms with Crippen molar-refractivity contribution in [2.45, 2.75) is 63.6 Å². The molecule has 2 nitrogen and oxygen atoms in total. The minimum atomic E-state index is -0.245. The summed E-state index contributed by atoms with van der Waals surface area (Å²) in [7, 11) is 0. The lowest BCUT2D eigenvalue weighted by atomic mass is 9.72. The molecule has 0 radical (unpaired) electrons. The summed E-state index contributed by atoms with van der Waals surface area (Å²) >= 11 is 0. The first kappa shape index (κ1) is 10.4. The van der Waals surface area contributed by atoms with Gasteiger partial charge in [0.15, 0.2) is 0 Å². The molecule has 0 aromatic carbocycles. The zero-order chi connectivity index (χ0) is 9.97. The van der Waals surface area contributed by atoms with Crippen LogP contribution in [-0.4, -0.2) is 22.4 Å². The van der Waals surface area contributed by atoms with E-state index in [0.29, 0.717) is 12.3 Å². The highest BCUT2D eigenvalue weighted by Gasteiger charge is 2.32. The van der Waals surface area contributed by atoms with Gasteiger partial charge < -0.3 is 10.2 Å². The molecule has 2 unspecified atom stereocenters. The van der Waals surface area contributed by atoms with Crippen molar-refractivity contribution in [3.05, 3.63) is 0 Å². The van der Waals surface area contributed by atoms with E-state index in [0.717, 1.165) is 18.8 Å². The van der Waals surface area contributed by atoms with Crippen LogP contribution < -0.4 is 0 Å². The molecule has 0 amide bonds. The van der Waals surface area contributed by atoms with Crippen molar-refractivity contribution in [2.24, 2.45) is 11.8 Å². The first-order chi connectivity index (χ1) is 6.75. The summed E-state index contributed by atoms with van der Waals surface area (Å²) in [5.41, 5.74) is 0. The first-order valence-electron chi connectivity index (χ1n) is 6.12. The molecule has 2 aliphatic carbocycles. The number of hydrogen-bond acceptors (Lipinski definition) is 2. The standard InChI is InChI=1S/C12H22O2/c13-11-6-10(7-12(14)8-11)9-4-2-1-3-5-9/h9-14H,1-8H2. The smallest absolute Gasteiger partial charge is 0.0567 e. The topological polar surface area (TPSA) is 40.5 Å². The molecule has 2 fully saturated rings. The molecular weight excluding hydrogens is 176 g/mol. The number of aliphatic hydroxyl groups excluding tert-OH is 2. The first-order valence-corrected chi connectivity index (χ1v) is 6.12. The second-order valence-corrected chi connectivity index (χ2v) is 5.17. The third-order valence-electron chi connectivity index (χ3n) is 4.01. The van der Waals surface area contributed by atoms with Gasteiger partial charge >= 0.3 is 0 Å². The molecule has 2 N–H and O–H groups in total. The van der Waals surface area contributed by atoms with Crippen LogP contribution in [0.2, 0.25) is 0 Å². The highest BCUT2D eigenvalue weighted by Crippen LogP contribution is 2.38. The zero-order valence-corrected chi connectivity index (χ0v) is 8.86. The van der Waals surface area contributed by atoms with Crippen molar-refractivity contribution in [1.82, 2.24) is 0 Å². The summed E-state index contributed by atoms with van der Waals surface area (Å²) in [6.45, 7) is 0. The molecule has 2 saturated carbocycles. The van der Waals surface area contributed by atoms with Crippen molar-refractivity contribution in [1.29, 1.82) is 0 Å². The molecule has 14 heavy (non-hydrogen) atoms. The maximum Gasteiger partial charge on any atom is 0.0567 e. The van der Waals surface area contributed by atoms with Gasteiger partial charge in [0.2, 0.25) is 0 Å². The predicted molar refractivity (Wildman–Crippen MR) is 55.9 cm³/mol. The van der Waals surface area contributed by atoms with Crippen LogP contribution in [0.1, 0.15) is 51.4 Å². The fraction of sp³-hybridized carbons (Fsp3) is 1.00. The Morgan fingerprint density at radius 3 is 1.79 bits per heavy atom. The predicted octanol–water partition coefficient (Wildman–Crippen LogP) is 2.09. The van der Waals surface area contributed by atoms with Crippen molar-refractivity contribution in [2.75, 3.05) is 0 Å². The molecule has 0 bridgehead atoms. The van der Waals surface area contributed by atoms with Crippen LogP contribution in [0.15, 0.2) is 0 Å². The normalized spacial score (nSPS) is 41.1. The summed E-state index contributed by atoms with van der Waals surface area (Å²) in [6.07, 6.45) is 8.71. The Kier molecular flexibility index (Phi) is 3.45. The Morgan fingerprint density at radius 2 is 1.21 bits per heavy atom. The van der Waals surface area contributed by atoms with Crippen LogP contribution in [0, 0.1) is 11.8 Å². The quantitative estimate of drug-likeness (QED) is 0.677. The van der Waals surface area contributed by atoms with E-state index in [4.69, 9.17) is 0 Å². The number of aliphatic hydroxyl groups is 2. The second kappa shape index (κ2) is 4.63. The molecule has 82 valence electrons. The summed E-state index contributed by atoms with van der Waals surface area (Å²) in [5.74, 6) is 1.38. The average Bonchev–Trinajstić information content (AvgIpc) is 2.18. The van der Waals surface area contributed by atoms with E-state index < -0.39 is 0 Å². The van der Waals surface area contributed by atoms with Gasteiger partial charge in [0.25, 0.3) is 0 Å². The van der Waals surface area contributed by atoms with E-state index >= 15 is 0 Å². The van der Waals surface area contributed by atoms with Crippen LogP contribution >= 0.6 is 0 Å². The van der Waals surface area contributed by atoms with Crippen molar-refractivity contribution >= 4 is 0 Å². The van der Waals surface area contributed by atoms with Crippen molar-refractivity contribution in [3.63, 3.8) is 0 Å². The highest BCUT2D eigenvalue weighted by atomic mass is 16.3. The summed E-state index contributed by atoms with van der Waals surface area (Å²) in [6, 6.07) is 0. The molecule has 0 spiro atoms. The van der Waals surface area contributed by atoms with E-state index in [9.17, 15) is 10.2 Å². The molecule has 2 rings (SSSR count). The lowest BCUT2D eigenvalue weighted by Crippen LogP contribution is -2.34. The lowest BCUT2D eigenvalue weighted by molar-refractivity contribution is -0.00611. The van der Waals surface area contributed by atoms with Crippen LogP contribution in [0.3, 0.4) is 0 Å². The van der Waals surface area contributed by atoms with E-state index in [2.05, 4.69) is 0 Å². The van der Waals surface area contributed by atoms with Gasteiger partial charge in [-0.05, 0) is 31.1 Å². The fourth-order valence-corrected chi connectivity index (χ4v) is 3.29. The van der Waals surface area contributed by atoms with E-state index in [1.807, 2.05) is 0 Å². The van der Waals surface area contributed by atoms with Crippen LogP contribution in [0.4, 0.5) is 0 Å². The lowest BCUT2D eigenvalue weighted by Gasteiger charge is -2.36. The van der Waals surface area contributed by atoms with Gasteiger partial charge in [0, 0.05) is 0 Å². The monoisotopic (exact) mass is 198 g/mol. The van der Waals surface area contributed by atoms with Crippen molar-refractivity contribution in [3.8, 4) is 0 Å². The van der Waals surface area contributed by atoms with Gasteiger partial charge in [-0.15, -0.1) is 0 Å². The molecule has 0 aliphatic heterocycles. The summed E-state index contributed by atoms with van der Waals surface area (Å²) in [4.78, 5) is 0. The number of rotatable bonds is 1. The highest BCUT2D eigenvalue weighted by molar-refractivity contribution is 4.83. The Labute approximate surface area is 86.3 Å². The molecule has 2 atom stereocenters. The maximum absolute atomic E-state index is 9.62. The zero-order valence-electron chi connectivity index (χ0n) is 8.86. The Balaban J connectivity index is 1.88. The molecule has 0 aromatic rings. The molecule has 0 aromatic heterocycles. The number of hydrogen-bond donors (Lipinski definition) is 2. The molecule has 0 heterocycles. The second-order valence-electron chi connectivity index (χ2n) is 5.17. The molecule has 0 saturated heterocycles. The van der Waals surface area contributed by atoms with Gasteiger partial charge in [-0.3, -0.25) is 0 Å². The van der Waals surface area contributed by atoms with Gasteiger partial charge in [0.05, 0.1) is 12.2 Å².